The zero-order valence-corrected chi connectivity index (χ0v) is 14.5. The molecule has 0 atom stereocenters. The Kier molecular flexibility index (Phi) is 5.02. The van der Waals surface area contributed by atoms with E-state index in [9.17, 15) is 4.79 Å². The van der Waals surface area contributed by atoms with Crippen LogP contribution in [0, 0.1) is 3.57 Å². The molecule has 23 heavy (non-hydrogen) atoms. The molecule has 1 N–H and O–H groups in total. The molecule has 4 heteroatoms. The summed E-state index contributed by atoms with van der Waals surface area (Å²) in [6.07, 6.45) is 1.98. The SMILES string of the molecule is O=C(Cc1cccc2ccccc12)N/N=C\c1ccccc1I. The number of amides is 1. The monoisotopic (exact) mass is 414 g/mol. The zero-order chi connectivity index (χ0) is 16.1. The van der Waals surface area contributed by atoms with Gasteiger partial charge in [-0.15, -0.1) is 0 Å². The van der Waals surface area contributed by atoms with Crippen molar-refractivity contribution >= 4 is 45.5 Å². The Labute approximate surface area is 148 Å². The van der Waals surface area contributed by atoms with Crippen molar-refractivity contribution in [1.29, 1.82) is 0 Å². The summed E-state index contributed by atoms with van der Waals surface area (Å²) in [5.41, 5.74) is 4.59. The highest BCUT2D eigenvalue weighted by Gasteiger charge is 2.05. The minimum absolute atomic E-state index is 0.122. The van der Waals surface area contributed by atoms with Gasteiger partial charge in [0.05, 0.1) is 12.6 Å². The molecule has 1 amide bonds. The third-order valence-corrected chi connectivity index (χ3v) is 4.51. The predicted molar refractivity (Wildman–Crippen MR) is 103 cm³/mol. The highest BCUT2D eigenvalue weighted by molar-refractivity contribution is 14.1. The first-order valence-corrected chi connectivity index (χ1v) is 8.35. The van der Waals surface area contributed by atoms with Crippen LogP contribution in [0.1, 0.15) is 11.1 Å². The number of hydrazone groups is 1. The lowest BCUT2D eigenvalue weighted by molar-refractivity contribution is -0.120. The van der Waals surface area contributed by atoms with Crippen LogP contribution in [-0.2, 0) is 11.2 Å². The molecule has 0 aromatic heterocycles. The molecule has 0 radical (unpaired) electrons. The van der Waals surface area contributed by atoms with Crippen LogP contribution in [0.5, 0.6) is 0 Å². The number of rotatable bonds is 4. The lowest BCUT2D eigenvalue weighted by atomic mass is 10.0. The quantitative estimate of drug-likeness (QED) is 0.389. The van der Waals surface area contributed by atoms with Crippen molar-refractivity contribution < 1.29 is 4.79 Å². The molecular weight excluding hydrogens is 399 g/mol. The predicted octanol–water partition coefficient (Wildman–Crippen LogP) is 4.14. The van der Waals surface area contributed by atoms with Crippen LogP contribution in [0.15, 0.2) is 71.8 Å². The van der Waals surface area contributed by atoms with Crippen LogP contribution >= 0.6 is 22.6 Å². The average Bonchev–Trinajstić information content (AvgIpc) is 2.57. The van der Waals surface area contributed by atoms with Gasteiger partial charge in [0.25, 0.3) is 0 Å². The summed E-state index contributed by atoms with van der Waals surface area (Å²) >= 11 is 2.24. The van der Waals surface area contributed by atoms with Crippen LogP contribution in [-0.4, -0.2) is 12.1 Å². The molecular formula is C19H15IN2O. The molecule has 3 aromatic rings. The van der Waals surface area contributed by atoms with Crippen molar-refractivity contribution in [2.75, 3.05) is 0 Å². The van der Waals surface area contributed by atoms with Gasteiger partial charge in [0, 0.05) is 9.13 Å². The number of benzene rings is 3. The molecule has 0 aliphatic heterocycles. The van der Waals surface area contributed by atoms with Gasteiger partial charge in [-0.3, -0.25) is 4.79 Å². The summed E-state index contributed by atoms with van der Waals surface area (Å²) in [6, 6.07) is 21.9. The number of carbonyl (C=O) groups is 1. The number of hydrogen-bond acceptors (Lipinski definition) is 2. The number of halogens is 1. The molecule has 0 saturated heterocycles. The summed E-state index contributed by atoms with van der Waals surface area (Å²) in [5.74, 6) is -0.122. The first kappa shape index (κ1) is 15.7. The number of nitrogens with zero attached hydrogens (tertiary/aromatic N) is 1. The average molecular weight is 414 g/mol. The van der Waals surface area contributed by atoms with E-state index in [4.69, 9.17) is 0 Å². The van der Waals surface area contributed by atoms with Crippen molar-refractivity contribution in [2.45, 2.75) is 6.42 Å². The molecule has 0 saturated carbocycles. The molecule has 3 aromatic carbocycles. The van der Waals surface area contributed by atoms with E-state index in [0.29, 0.717) is 6.42 Å². The highest BCUT2D eigenvalue weighted by Crippen LogP contribution is 2.18. The van der Waals surface area contributed by atoms with E-state index in [1.54, 1.807) is 6.21 Å². The Hall–Kier alpha value is -2.21. The van der Waals surface area contributed by atoms with Gasteiger partial charge in [-0.25, -0.2) is 5.43 Å². The second kappa shape index (κ2) is 7.37. The van der Waals surface area contributed by atoms with Crippen LogP contribution < -0.4 is 5.43 Å². The summed E-state index contributed by atoms with van der Waals surface area (Å²) in [6.45, 7) is 0. The fourth-order valence-corrected chi connectivity index (χ4v) is 2.94. The molecule has 0 spiro atoms. The van der Waals surface area contributed by atoms with Gasteiger partial charge in [0.15, 0.2) is 0 Å². The lowest BCUT2D eigenvalue weighted by Gasteiger charge is -2.05. The topological polar surface area (TPSA) is 41.5 Å². The lowest BCUT2D eigenvalue weighted by Crippen LogP contribution is -2.20. The van der Waals surface area contributed by atoms with Crippen LogP contribution in [0.3, 0.4) is 0 Å². The highest BCUT2D eigenvalue weighted by atomic mass is 127. The minimum atomic E-state index is -0.122. The zero-order valence-electron chi connectivity index (χ0n) is 12.4. The van der Waals surface area contributed by atoms with E-state index in [1.165, 1.54) is 0 Å². The van der Waals surface area contributed by atoms with Gasteiger partial charge in [-0.1, -0.05) is 60.7 Å². The van der Waals surface area contributed by atoms with Crippen molar-refractivity contribution in [3.8, 4) is 0 Å². The molecule has 0 fully saturated rings. The van der Waals surface area contributed by atoms with Gasteiger partial charge in [-0.2, -0.15) is 5.10 Å². The van der Waals surface area contributed by atoms with Crippen molar-refractivity contribution in [3.05, 3.63) is 81.4 Å². The minimum Gasteiger partial charge on any atom is -0.273 e. The standard InChI is InChI=1S/C19H15IN2O/c20-18-11-4-2-7-16(18)13-21-22-19(23)12-15-9-5-8-14-6-1-3-10-17(14)15/h1-11,13H,12H2,(H,22,23)/b21-13-. The summed E-state index contributed by atoms with van der Waals surface area (Å²) < 4.78 is 1.09. The maximum Gasteiger partial charge on any atom is 0.244 e. The smallest absolute Gasteiger partial charge is 0.244 e. The molecule has 0 bridgehead atoms. The maximum atomic E-state index is 12.1. The van der Waals surface area contributed by atoms with E-state index in [-0.39, 0.29) is 5.91 Å². The Bertz CT molecular complexity index is 869. The van der Waals surface area contributed by atoms with E-state index in [2.05, 4.69) is 33.1 Å². The Morgan fingerprint density at radius 3 is 2.61 bits per heavy atom. The Balaban J connectivity index is 1.69. The molecule has 0 aliphatic carbocycles. The van der Waals surface area contributed by atoms with Crippen molar-refractivity contribution in [3.63, 3.8) is 0 Å². The number of hydrogen-bond donors (Lipinski definition) is 1. The third kappa shape index (κ3) is 3.96. The molecule has 114 valence electrons. The fourth-order valence-electron chi connectivity index (χ4n) is 2.41. The molecule has 3 nitrogen and oxygen atoms in total. The molecule has 0 aliphatic rings. The van der Waals surface area contributed by atoms with E-state index >= 15 is 0 Å². The third-order valence-electron chi connectivity index (χ3n) is 3.53. The first-order chi connectivity index (χ1) is 11.2. The largest absolute Gasteiger partial charge is 0.273 e. The Morgan fingerprint density at radius 2 is 1.74 bits per heavy atom. The first-order valence-electron chi connectivity index (χ1n) is 7.27. The normalized spacial score (nSPS) is 11.0. The van der Waals surface area contributed by atoms with E-state index in [1.807, 2.05) is 66.7 Å². The Morgan fingerprint density at radius 1 is 1.00 bits per heavy atom. The van der Waals surface area contributed by atoms with Crippen LogP contribution in [0.4, 0.5) is 0 Å². The van der Waals surface area contributed by atoms with Gasteiger partial charge >= 0.3 is 0 Å². The van der Waals surface area contributed by atoms with Gasteiger partial charge < -0.3 is 0 Å². The number of nitrogens with one attached hydrogen (secondary N) is 1. The van der Waals surface area contributed by atoms with Crippen molar-refractivity contribution in [1.82, 2.24) is 5.43 Å². The molecule has 3 rings (SSSR count). The second-order valence-corrected chi connectivity index (χ2v) is 6.29. The molecule has 0 unspecified atom stereocenters. The van der Waals surface area contributed by atoms with Crippen LogP contribution in [0.25, 0.3) is 10.8 Å². The van der Waals surface area contributed by atoms with Gasteiger partial charge in [-0.05, 0) is 45.0 Å². The maximum absolute atomic E-state index is 12.1. The second-order valence-electron chi connectivity index (χ2n) is 5.13. The van der Waals surface area contributed by atoms with Crippen LogP contribution in [0.2, 0.25) is 0 Å². The van der Waals surface area contributed by atoms with Gasteiger partial charge in [0.2, 0.25) is 5.91 Å². The summed E-state index contributed by atoms with van der Waals surface area (Å²) in [7, 11) is 0. The number of carbonyl (C=O) groups excluding carboxylic acids is 1. The molecule has 0 heterocycles. The summed E-state index contributed by atoms with van der Waals surface area (Å²) in [4.78, 5) is 12.1. The van der Waals surface area contributed by atoms with Gasteiger partial charge in [0.1, 0.15) is 0 Å². The fraction of sp³-hybridized carbons (Fsp3) is 0.0526. The summed E-state index contributed by atoms with van der Waals surface area (Å²) in [5, 5.41) is 6.29. The van der Waals surface area contributed by atoms with Crippen molar-refractivity contribution in [2.24, 2.45) is 5.10 Å². The van der Waals surface area contributed by atoms with E-state index in [0.717, 1.165) is 25.5 Å². The number of fused-ring (bicyclic) bond motifs is 1. The van der Waals surface area contributed by atoms with E-state index < -0.39 is 0 Å².